The molecule has 0 spiro atoms. The fraction of sp³-hybridized carbons (Fsp3) is 0.435. The van der Waals surface area contributed by atoms with Crippen LogP contribution in [0.4, 0.5) is 0 Å². The number of aryl methyl sites for hydroxylation is 2. The van der Waals surface area contributed by atoms with E-state index in [0.717, 1.165) is 23.3 Å². The van der Waals surface area contributed by atoms with Crippen LogP contribution in [0, 0.1) is 13.8 Å². The zero-order valence-corrected chi connectivity index (χ0v) is 16.8. The Morgan fingerprint density at radius 2 is 1.77 bits per heavy atom. The number of carbonyl (C=O) groups excluding carboxylic acids is 1. The van der Waals surface area contributed by atoms with Crippen molar-refractivity contribution in [3.8, 4) is 5.75 Å². The van der Waals surface area contributed by atoms with E-state index in [1.54, 1.807) is 0 Å². The Labute approximate surface area is 157 Å². The third-order valence-corrected chi connectivity index (χ3v) is 4.73. The summed E-state index contributed by atoms with van der Waals surface area (Å²) in [7, 11) is 0. The first-order valence-corrected chi connectivity index (χ1v) is 9.31. The predicted molar refractivity (Wildman–Crippen MR) is 108 cm³/mol. The van der Waals surface area contributed by atoms with Gasteiger partial charge in [0, 0.05) is 0 Å². The average Bonchev–Trinajstić information content (AvgIpc) is 2.60. The second kappa shape index (κ2) is 8.39. The van der Waals surface area contributed by atoms with E-state index >= 15 is 0 Å². The van der Waals surface area contributed by atoms with Crippen LogP contribution in [0.3, 0.4) is 0 Å². The molecule has 0 aliphatic heterocycles. The van der Waals surface area contributed by atoms with Gasteiger partial charge in [0.2, 0.25) is 0 Å². The van der Waals surface area contributed by atoms with Crippen LogP contribution in [0.1, 0.15) is 62.4 Å². The van der Waals surface area contributed by atoms with Gasteiger partial charge in [-0.25, -0.2) is 0 Å². The summed E-state index contributed by atoms with van der Waals surface area (Å²) in [6.07, 6.45) is 0.840. The maximum atomic E-state index is 12.4. The highest BCUT2D eigenvalue weighted by molar-refractivity contribution is 5.78. The summed E-state index contributed by atoms with van der Waals surface area (Å²) in [6, 6.07) is 14.3. The highest BCUT2D eigenvalue weighted by Crippen LogP contribution is 2.30. The lowest BCUT2D eigenvalue weighted by Gasteiger charge is -2.23. The summed E-state index contributed by atoms with van der Waals surface area (Å²) in [6.45, 7) is 12.7. The van der Waals surface area contributed by atoms with Crippen LogP contribution in [-0.4, -0.2) is 12.5 Å². The maximum absolute atomic E-state index is 12.4. The first-order chi connectivity index (χ1) is 12.2. The summed E-state index contributed by atoms with van der Waals surface area (Å²) in [4.78, 5) is 12.4. The first-order valence-electron chi connectivity index (χ1n) is 9.31. The molecule has 2 rings (SSSR count). The number of carbonyl (C=O) groups is 1. The van der Waals surface area contributed by atoms with Crippen LogP contribution in [0.5, 0.6) is 5.75 Å². The number of ether oxygens (including phenoxy) is 1. The van der Waals surface area contributed by atoms with Gasteiger partial charge in [-0.3, -0.25) is 4.79 Å². The summed E-state index contributed by atoms with van der Waals surface area (Å²) < 4.78 is 5.84. The third kappa shape index (κ3) is 5.10. The molecule has 140 valence electrons. The molecule has 3 nitrogen and oxygen atoms in total. The van der Waals surface area contributed by atoms with E-state index in [1.807, 2.05) is 18.2 Å². The molecule has 0 aliphatic carbocycles. The number of rotatable bonds is 6. The van der Waals surface area contributed by atoms with Gasteiger partial charge in [0.1, 0.15) is 5.75 Å². The molecule has 0 fully saturated rings. The molecule has 0 aliphatic rings. The number of nitrogens with one attached hydrogen (secondary N) is 1. The van der Waals surface area contributed by atoms with E-state index in [1.165, 1.54) is 11.1 Å². The molecule has 1 N–H and O–H groups in total. The van der Waals surface area contributed by atoms with Gasteiger partial charge in [-0.05, 0) is 54.0 Å². The zero-order chi connectivity index (χ0) is 19.3. The SMILES string of the molecule is CCC(NC(=O)COc1ccccc1C(C)(C)C)c1ccc(C)c(C)c1. The van der Waals surface area contributed by atoms with Crippen molar-refractivity contribution in [3.63, 3.8) is 0 Å². The molecule has 1 amide bonds. The van der Waals surface area contributed by atoms with Crippen LogP contribution in [-0.2, 0) is 10.2 Å². The van der Waals surface area contributed by atoms with Crippen LogP contribution in [0.25, 0.3) is 0 Å². The largest absolute Gasteiger partial charge is 0.483 e. The summed E-state index contributed by atoms with van der Waals surface area (Å²) in [5.41, 5.74) is 4.72. The molecule has 0 saturated carbocycles. The van der Waals surface area contributed by atoms with E-state index in [9.17, 15) is 4.79 Å². The normalized spacial score (nSPS) is 12.5. The minimum Gasteiger partial charge on any atom is -0.483 e. The van der Waals surface area contributed by atoms with Gasteiger partial charge in [-0.2, -0.15) is 0 Å². The van der Waals surface area contributed by atoms with Crippen molar-refractivity contribution in [1.82, 2.24) is 5.32 Å². The van der Waals surface area contributed by atoms with Crippen molar-refractivity contribution in [2.24, 2.45) is 0 Å². The monoisotopic (exact) mass is 353 g/mol. The van der Waals surface area contributed by atoms with E-state index in [2.05, 4.69) is 71.1 Å². The van der Waals surface area contributed by atoms with Gasteiger partial charge in [0.25, 0.3) is 5.91 Å². The number of hydrogen-bond donors (Lipinski definition) is 1. The Balaban J connectivity index is 2.03. The van der Waals surface area contributed by atoms with Crippen molar-refractivity contribution in [1.29, 1.82) is 0 Å². The molecule has 3 heteroatoms. The van der Waals surface area contributed by atoms with Crippen molar-refractivity contribution in [2.45, 2.75) is 59.4 Å². The molecule has 2 aromatic rings. The van der Waals surface area contributed by atoms with Crippen LogP contribution < -0.4 is 10.1 Å². The Bertz CT molecular complexity index is 759. The van der Waals surface area contributed by atoms with E-state index < -0.39 is 0 Å². The molecule has 0 radical (unpaired) electrons. The van der Waals surface area contributed by atoms with Gasteiger partial charge in [-0.15, -0.1) is 0 Å². The molecule has 0 heterocycles. The second-order valence-electron chi connectivity index (χ2n) is 7.91. The standard InChI is InChI=1S/C23H31NO2/c1-7-20(18-13-12-16(2)17(3)14-18)24-22(25)15-26-21-11-9-8-10-19(21)23(4,5)6/h8-14,20H,7,15H2,1-6H3,(H,24,25). The highest BCUT2D eigenvalue weighted by Gasteiger charge is 2.19. The fourth-order valence-electron chi connectivity index (χ4n) is 2.99. The number of hydrogen-bond acceptors (Lipinski definition) is 2. The van der Waals surface area contributed by atoms with Gasteiger partial charge in [-0.1, -0.05) is 64.1 Å². The van der Waals surface area contributed by atoms with Crippen molar-refractivity contribution in [3.05, 3.63) is 64.7 Å². The quantitative estimate of drug-likeness (QED) is 0.770. The maximum Gasteiger partial charge on any atom is 0.258 e. The van der Waals surface area contributed by atoms with Gasteiger partial charge in [0.05, 0.1) is 6.04 Å². The van der Waals surface area contributed by atoms with Crippen LogP contribution >= 0.6 is 0 Å². The Hall–Kier alpha value is -2.29. The Morgan fingerprint density at radius 1 is 1.08 bits per heavy atom. The van der Waals surface area contributed by atoms with Crippen LogP contribution in [0.15, 0.2) is 42.5 Å². The third-order valence-electron chi connectivity index (χ3n) is 4.73. The molecule has 0 aromatic heterocycles. The van der Waals surface area contributed by atoms with Gasteiger partial charge >= 0.3 is 0 Å². The molecule has 2 aromatic carbocycles. The van der Waals surface area contributed by atoms with Crippen LogP contribution in [0.2, 0.25) is 0 Å². The van der Waals surface area contributed by atoms with Crippen molar-refractivity contribution < 1.29 is 9.53 Å². The number of amides is 1. The Morgan fingerprint density at radius 3 is 2.38 bits per heavy atom. The molecule has 0 saturated heterocycles. The second-order valence-corrected chi connectivity index (χ2v) is 7.91. The molecule has 1 atom stereocenters. The number of benzene rings is 2. The lowest BCUT2D eigenvalue weighted by molar-refractivity contribution is -0.123. The van der Waals surface area contributed by atoms with E-state index in [0.29, 0.717) is 0 Å². The minimum absolute atomic E-state index is 0.00302. The molecule has 1 unspecified atom stereocenters. The molecule has 26 heavy (non-hydrogen) atoms. The zero-order valence-electron chi connectivity index (χ0n) is 16.8. The van der Waals surface area contributed by atoms with Gasteiger partial charge in [0.15, 0.2) is 6.61 Å². The predicted octanol–water partition coefficient (Wildman–Crippen LogP) is 5.25. The summed E-state index contributed by atoms with van der Waals surface area (Å²) in [5.74, 6) is 0.674. The minimum atomic E-state index is -0.0983. The molecule has 0 bridgehead atoms. The highest BCUT2D eigenvalue weighted by atomic mass is 16.5. The fourth-order valence-corrected chi connectivity index (χ4v) is 2.99. The van der Waals surface area contributed by atoms with E-state index in [4.69, 9.17) is 4.74 Å². The summed E-state index contributed by atoms with van der Waals surface area (Å²) in [5, 5.41) is 3.09. The van der Waals surface area contributed by atoms with Gasteiger partial charge < -0.3 is 10.1 Å². The van der Waals surface area contributed by atoms with Crippen molar-refractivity contribution >= 4 is 5.91 Å². The lowest BCUT2D eigenvalue weighted by Crippen LogP contribution is -2.32. The van der Waals surface area contributed by atoms with Crippen molar-refractivity contribution in [2.75, 3.05) is 6.61 Å². The molecular weight excluding hydrogens is 322 g/mol. The Kier molecular flexibility index (Phi) is 6.47. The first kappa shape index (κ1) is 20.0. The lowest BCUT2D eigenvalue weighted by atomic mass is 9.86. The average molecular weight is 354 g/mol. The van der Waals surface area contributed by atoms with E-state index in [-0.39, 0.29) is 24.0 Å². The smallest absolute Gasteiger partial charge is 0.258 e. The summed E-state index contributed by atoms with van der Waals surface area (Å²) >= 11 is 0. The number of para-hydroxylation sites is 1. The molecular formula is C23H31NO2. The topological polar surface area (TPSA) is 38.3 Å².